The second kappa shape index (κ2) is 5.33. The van der Waals surface area contributed by atoms with Crippen LogP contribution in [-0.2, 0) is 11.3 Å². The van der Waals surface area contributed by atoms with Gasteiger partial charge in [-0.1, -0.05) is 29.3 Å². The third-order valence-electron chi connectivity index (χ3n) is 2.62. The van der Waals surface area contributed by atoms with Gasteiger partial charge < -0.3 is 4.74 Å². The average molecular weight is 265 g/mol. The van der Waals surface area contributed by atoms with Gasteiger partial charge in [-0.3, -0.25) is 4.79 Å². The molecule has 4 nitrogen and oxygen atoms in total. The van der Waals surface area contributed by atoms with E-state index in [1.807, 2.05) is 31.2 Å². The molecule has 0 amide bonds. The van der Waals surface area contributed by atoms with E-state index >= 15 is 0 Å². The number of nitrogens with zero attached hydrogens (tertiary/aromatic N) is 2. The number of rotatable bonds is 4. The van der Waals surface area contributed by atoms with Crippen LogP contribution in [0.15, 0.2) is 24.3 Å². The Morgan fingerprint density at radius 3 is 2.61 bits per heavy atom. The molecule has 0 N–H and O–H groups in total. The number of hydrogen-bond donors (Lipinski definition) is 0. The molecule has 0 saturated carbocycles. The lowest BCUT2D eigenvalue weighted by molar-refractivity contribution is 0.111. The maximum atomic E-state index is 11.0. The molecule has 0 fully saturated rings. The summed E-state index contributed by atoms with van der Waals surface area (Å²) < 4.78 is 6.54. The highest BCUT2D eigenvalue weighted by Gasteiger charge is 2.16. The van der Waals surface area contributed by atoms with Crippen LogP contribution in [-0.4, -0.2) is 23.2 Å². The minimum Gasteiger partial charge on any atom is -0.378 e. The molecular weight excluding hydrogens is 252 g/mol. The number of aromatic nitrogens is 2. The van der Waals surface area contributed by atoms with Gasteiger partial charge >= 0.3 is 0 Å². The summed E-state index contributed by atoms with van der Waals surface area (Å²) in [5, 5.41) is 4.61. The first-order chi connectivity index (χ1) is 8.67. The molecule has 0 aliphatic heterocycles. The molecule has 5 heteroatoms. The third-order valence-corrected chi connectivity index (χ3v) is 2.98. The Hall–Kier alpha value is -1.65. The molecule has 0 atom stereocenters. The average Bonchev–Trinajstić information content (AvgIpc) is 2.67. The van der Waals surface area contributed by atoms with Crippen LogP contribution in [0.4, 0.5) is 0 Å². The van der Waals surface area contributed by atoms with Gasteiger partial charge in [0.05, 0.1) is 17.9 Å². The predicted molar refractivity (Wildman–Crippen MR) is 69.4 cm³/mol. The van der Waals surface area contributed by atoms with Gasteiger partial charge in [-0.15, -0.1) is 0 Å². The van der Waals surface area contributed by atoms with E-state index in [0.29, 0.717) is 22.7 Å². The van der Waals surface area contributed by atoms with Crippen LogP contribution in [0.1, 0.15) is 21.6 Å². The summed E-state index contributed by atoms with van der Waals surface area (Å²) in [4.78, 5) is 11.0. The number of halogens is 1. The van der Waals surface area contributed by atoms with Gasteiger partial charge in [-0.05, 0) is 19.1 Å². The lowest BCUT2D eigenvalue weighted by atomic mass is 10.2. The minimum atomic E-state index is 0.257. The van der Waals surface area contributed by atoms with Crippen molar-refractivity contribution in [3.05, 3.63) is 46.2 Å². The molecule has 1 aromatic heterocycles. The second-order valence-electron chi connectivity index (χ2n) is 3.95. The van der Waals surface area contributed by atoms with Crippen LogP contribution in [0.5, 0.6) is 0 Å². The largest absolute Gasteiger partial charge is 0.378 e. The number of carbonyl (C=O) groups is 1. The van der Waals surface area contributed by atoms with Gasteiger partial charge in [-0.2, -0.15) is 5.10 Å². The number of hydrogen-bond acceptors (Lipinski definition) is 3. The second-order valence-corrected chi connectivity index (χ2v) is 4.31. The van der Waals surface area contributed by atoms with Crippen molar-refractivity contribution in [1.29, 1.82) is 0 Å². The summed E-state index contributed by atoms with van der Waals surface area (Å²) in [7, 11) is 1.55. The Bertz CT molecular complexity index is 561. The highest BCUT2D eigenvalue weighted by Crippen LogP contribution is 2.23. The van der Waals surface area contributed by atoms with E-state index in [0.717, 1.165) is 11.3 Å². The Morgan fingerprint density at radius 2 is 2.06 bits per heavy atom. The monoisotopic (exact) mass is 264 g/mol. The zero-order valence-corrected chi connectivity index (χ0v) is 10.9. The molecule has 0 aliphatic rings. The van der Waals surface area contributed by atoms with Crippen molar-refractivity contribution in [1.82, 2.24) is 9.78 Å². The summed E-state index contributed by atoms with van der Waals surface area (Å²) in [6.45, 7) is 2.26. The van der Waals surface area contributed by atoms with Crippen molar-refractivity contribution >= 4 is 17.9 Å². The fraction of sp³-hybridized carbons (Fsp3) is 0.231. The van der Waals surface area contributed by atoms with Crippen LogP contribution in [0.25, 0.3) is 5.69 Å². The van der Waals surface area contributed by atoms with Crippen molar-refractivity contribution in [3.8, 4) is 5.69 Å². The van der Waals surface area contributed by atoms with E-state index in [-0.39, 0.29) is 6.61 Å². The highest BCUT2D eigenvalue weighted by atomic mass is 35.5. The molecule has 1 aromatic carbocycles. The van der Waals surface area contributed by atoms with Gasteiger partial charge in [0.1, 0.15) is 10.8 Å². The highest BCUT2D eigenvalue weighted by molar-refractivity contribution is 6.32. The van der Waals surface area contributed by atoms with Crippen LogP contribution in [0.3, 0.4) is 0 Å². The lowest BCUT2D eigenvalue weighted by Gasteiger charge is -2.03. The molecule has 1 heterocycles. The lowest BCUT2D eigenvalue weighted by Crippen LogP contribution is -1.98. The first-order valence-electron chi connectivity index (χ1n) is 5.46. The van der Waals surface area contributed by atoms with Gasteiger partial charge in [0.15, 0.2) is 6.29 Å². The summed E-state index contributed by atoms with van der Waals surface area (Å²) in [5.74, 6) is 0. The molecule has 94 valence electrons. The van der Waals surface area contributed by atoms with E-state index in [4.69, 9.17) is 16.3 Å². The van der Waals surface area contributed by atoms with Crippen molar-refractivity contribution in [3.63, 3.8) is 0 Å². The van der Waals surface area contributed by atoms with Gasteiger partial charge in [0.25, 0.3) is 0 Å². The molecule has 2 aromatic rings. The quantitative estimate of drug-likeness (QED) is 0.798. The fourth-order valence-electron chi connectivity index (χ4n) is 1.67. The Morgan fingerprint density at radius 1 is 1.39 bits per heavy atom. The predicted octanol–water partition coefficient (Wildman–Crippen LogP) is 2.79. The Kier molecular flexibility index (Phi) is 3.79. The SMILES string of the molecule is COCc1nn(-c2ccc(C)cc2)c(Cl)c1C=O. The maximum Gasteiger partial charge on any atom is 0.155 e. The maximum absolute atomic E-state index is 11.0. The third kappa shape index (κ3) is 2.30. The molecule has 18 heavy (non-hydrogen) atoms. The summed E-state index contributed by atoms with van der Waals surface area (Å²) in [6, 6.07) is 7.73. The molecule has 0 saturated heterocycles. The van der Waals surface area contributed by atoms with E-state index < -0.39 is 0 Å². The zero-order valence-electron chi connectivity index (χ0n) is 10.2. The molecule has 0 aliphatic carbocycles. The van der Waals surface area contributed by atoms with E-state index in [9.17, 15) is 4.79 Å². The molecule has 0 spiro atoms. The van der Waals surface area contributed by atoms with Crippen molar-refractivity contribution < 1.29 is 9.53 Å². The molecule has 0 radical (unpaired) electrons. The molecule has 0 unspecified atom stereocenters. The van der Waals surface area contributed by atoms with Gasteiger partial charge in [-0.25, -0.2) is 4.68 Å². The summed E-state index contributed by atoms with van der Waals surface area (Å²) >= 11 is 6.15. The van der Waals surface area contributed by atoms with Gasteiger partial charge in [0.2, 0.25) is 0 Å². The number of carbonyl (C=O) groups excluding carboxylic acids is 1. The van der Waals surface area contributed by atoms with Crippen LogP contribution in [0.2, 0.25) is 5.15 Å². The summed E-state index contributed by atoms with van der Waals surface area (Å²) in [6.07, 6.45) is 0.703. The van der Waals surface area contributed by atoms with Gasteiger partial charge in [0, 0.05) is 7.11 Å². The number of aryl methyl sites for hydroxylation is 1. The molecular formula is C13H13ClN2O2. The molecule has 2 rings (SSSR count). The van der Waals surface area contributed by atoms with Crippen LogP contribution < -0.4 is 0 Å². The van der Waals surface area contributed by atoms with Crippen molar-refractivity contribution in [2.24, 2.45) is 0 Å². The summed E-state index contributed by atoms with van der Waals surface area (Å²) in [5.41, 5.74) is 2.88. The normalized spacial score (nSPS) is 10.6. The topological polar surface area (TPSA) is 44.1 Å². The zero-order chi connectivity index (χ0) is 13.1. The Labute approximate surface area is 110 Å². The van der Waals surface area contributed by atoms with Crippen molar-refractivity contribution in [2.75, 3.05) is 7.11 Å². The fourth-order valence-corrected chi connectivity index (χ4v) is 1.96. The Balaban J connectivity index is 2.51. The van der Waals surface area contributed by atoms with E-state index in [2.05, 4.69) is 5.10 Å². The van der Waals surface area contributed by atoms with Crippen molar-refractivity contribution in [2.45, 2.75) is 13.5 Å². The number of methoxy groups -OCH3 is 1. The van der Waals surface area contributed by atoms with E-state index in [1.165, 1.54) is 0 Å². The first kappa shape index (κ1) is 12.8. The van der Waals surface area contributed by atoms with E-state index in [1.54, 1.807) is 11.8 Å². The van der Waals surface area contributed by atoms with Crippen LogP contribution in [0, 0.1) is 6.92 Å². The number of benzene rings is 1. The minimum absolute atomic E-state index is 0.257. The van der Waals surface area contributed by atoms with Crippen LogP contribution >= 0.6 is 11.6 Å². The first-order valence-corrected chi connectivity index (χ1v) is 5.83. The molecule has 0 bridgehead atoms. The smallest absolute Gasteiger partial charge is 0.155 e. The standard InChI is InChI=1S/C13H13ClN2O2/c1-9-3-5-10(6-4-9)16-13(14)11(7-17)12(15-16)8-18-2/h3-7H,8H2,1-2H3. The number of ether oxygens (including phenoxy) is 1. The number of aldehydes is 1.